The predicted molar refractivity (Wildman–Crippen MR) is 80.3 cm³/mol. The Balaban J connectivity index is 1.77. The van der Waals surface area contributed by atoms with Crippen molar-refractivity contribution >= 4 is 22.8 Å². The summed E-state index contributed by atoms with van der Waals surface area (Å²) in [5.74, 6) is 0.719. The number of H-pyrrole nitrogens is 1. The van der Waals surface area contributed by atoms with Gasteiger partial charge in [-0.15, -0.1) is 10.2 Å². The highest BCUT2D eigenvalue weighted by Gasteiger charge is 2.33. The smallest absolute Gasteiger partial charge is 0.318 e. The zero-order chi connectivity index (χ0) is 15.8. The molecule has 0 spiro atoms. The van der Waals surface area contributed by atoms with Gasteiger partial charge in [0.05, 0.1) is 23.8 Å². The maximum absolute atomic E-state index is 12.2. The maximum Gasteiger partial charge on any atom is 0.318 e. The van der Waals surface area contributed by atoms with Gasteiger partial charge in [-0.05, 0) is 18.9 Å². The van der Waals surface area contributed by atoms with E-state index in [4.69, 9.17) is 5.26 Å². The lowest BCUT2D eigenvalue weighted by molar-refractivity contribution is 0.192. The summed E-state index contributed by atoms with van der Waals surface area (Å²) in [6.07, 6.45) is 5.17. The molecule has 0 aliphatic carbocycles. The topological polar surface area (TPSA) is 115 Å². The number of aromatic amines is 1. The molecule has 9 heteroatoms. The molecule has 0 radical (unpaired) electrons. The molecule has 23 heavy (non-hydrogen) atoms. The van der Waals surface area contributed by atoms with Gasteiger partial charge < -0.3 is 15.2 Å². The van der Waals surface area contributed by atoms with Crippen LogP contribution < -0.4 is 5.32 Å². The second-order valence-corrected chi connectivity index (χ2v) is 5.39. The third-order valence-corrected chi connectivity index (χ3v) is 4.10. The molecule has 1 fully saturated rings. The van der Waals surface area contributed by atoms with Crippen LogP contribution in [0.5, 0.6) is 0 Å². The number of carbonyl (C=O) groups is 1. The van der Waals surface area contributed by atoms with E-state index in [1.54, 1.807) is 11.1 Å². The molecule has 0 saturated carbocycles. The van der Waals surface area contributed by atoms with Gasteiger partial charge in [-0.2, -0.15) is 5.26 Å². The number of nitriles is 1. The number of likely N-dealkylation sites (tertiary alicyclic amines) is 1. The van der Waals surface area contributed by atoms with Gasteiger partial charge in [-0.1, -0.05) is 0 Å². The lowest BCUT2D eigenvalue weighted by atomic mass is 10.2. The third kappa shape index (κ3) is 2.07. The van der Waals surface area contributed by atoms with Crippen LogP contribution in [0.25, 0.3) is 16.8 Å². The average Bonchev–Trinajstić information content (AvgIpc) is 3.28. The lowest BCUT2D eigenvalue weighted by Crippen LogP contribution is -2.40. The van der Waals surface area contributed by atoms with Gasteiger partial charge in [-0.25, -0.2) is 9.78 Å². The van der Waals surface area contributed by atoms with Crippen LogP contribution >= 0.6 is 0 Å². The zero-order valence-electron chi connectivity index (χ0n) is 12.2. The van der Waals surface area contributed by atoms with Gasteiger partial charge in [0.15, 0.2) is 17.1 Å². The highest BCUT2D eigenvalue weighted by molar-refractivity contribution is 5.76. The van der Waals surface area contributed by atoms with Crippen molar-refractivity contribution in [2.75, 3.05) is 13.1 Å². The second-order valence-electron chi connectivity index (χ2n) is 5.39. The molecule has 0 aromatic carbocycles. The largest absolute Gasteiger partial charge is 0.345 e. The van der Waals surface area contributed by atoms with E-state index >= 15 is 0 Å². The van der Waals surface area contributed by atoms with Crippen LogP contribution in [0.4, 0.5) is 4.79 Å². The number of fused-ring (bicyclic) bond motifs is 3. The molecule has 0 bridgehead atoms. The fourth-order valence-corrected chi connectivity index (χ4v) is 3.11. The summed E-state index contributed by atoms with van der Waals surface area (Å²) in [7, 11) is 0. The minimum Gasteiger partial charge on any atom is -0.345 e. The van der Waals surface area contributed by atoms with E-state index in [1.165, 1.54) is 0 Å². The van der Waals surface area contributed by atoms with Crippen molar-refractivity contribution in [2.45, 2.75) is 18.9 Å². The van der Waals surface area contributed by atoms with E-state index in [0.717, 1.165) is 29.8 Å². The van der Waals surface area contributed by atoms with Crippen LogP contribution in [-0.2, 0) is 0 Å². The first-order chi connectivity index (χ1) is 11.3. The van der Waals surface area contributed by atoms with E-state index in [9.17, 15) is 4.79 Å². The number of carbonyl (C=O) groups excluding carboxylic acids is 1. The van der Waals surface area contributed by atoms with Gasteiger partial charge in [0.25, 0.3) is 0 Å². The van der Waals surface area contributed by atoms with Crippen molar-refractivity contribution in [3.05, 3.63) is 24.3 Å². The van der Waals surface area contributed by atoms with E-state index in [0.29, 0.717) is 12.2 Å². The van der Waals surface area contributed by atoms with Crippen molar-refractivity contribution in [3.63, 3.8) is 0 Å². The number of hydrogen-bond donors (Lipinski definition) is 2. The number of amides is 2. The molecule has 1 aliphatic rings. The Morgan fingerprint density at radius 3 is 3.30 bits per heavy atom. The highest BCUT2D eigenvalue weighted by atomic mass is 16.2. The first-order valence-electron chi connectivity index (χ1n) is 7.38. The molecule has 1 saturated heterocycles. The first-order valence-corrected chi connectivity index (χ1v) is 7.38. The monoisotopic (exact) mass is 310 g/mol. The SMILES string of the molecule is N#CCNC(=O)N1CCCC1c1nnc2cnc3[nH]ccc3n12. The molecule has 9 nitrogen and oxygen atoms in total. The number of nitrogens with one attached hydrogen (secondary N) is 2. The van der Waals surface area contributed by atoms with Gasteiger partial charge >= 0.3 is 6.03 Å². The highest BCUT2D eigenvalue weighted by Crippen LogP contribution is 2.32. The second kappa shape index (κ2) is 5.24. The molecule has 4 rings (SSSR count). The molecule has 4 heterocycles. The van der Waals surface area contributed by atoms with Gasteiger partial charge in [-0.3, -0.25) is 4.40 Å². The van der Waals surface area contributed by atoms with E-state index < -0.39 is 0 Å². The maximum atomic E-state index is 12.2. The van der Waals surface area contributed by atoms with Gasteiger partial charge in [0, 0.05) is 12.7 Å². The Hall–Kier alpha value is -3.15. The van der Waals surface area contributed by atoms with Crippen LogP contribution in [0.3, 0.4) is 0 Å². The predicted octanol–water partition coefficient (Wildman–Crippen LogP) is 0.976. The minimum absolute atomic E-state index is 0.00535. The Bertz CT molecular complexity index is 920. The summed E-state index contributed by atoms with van der Waals surface area (Å²) in [4.78, 5) is 21.3. The Morgan fingerprint density at radius 1 is 1.52 bits per heavy atom. The molecule has 1 unspecified atom stereocenters. The number of aromatic nitrogens is 5. The van der Waals surface area contributed by atoms with E-state index in [1.807, 2.05) is 22.7 Å². The van der Waals surface area contributed by atoms with Crippen LogP contribution in [-0.4, -0.2) is 48.6 Å². The quantitative estimate of drug-likeness (QED) is 0.684. The molecule has 1 atom stereocenters. The first kappa shape index (κ1) is 13.5. The van der Waals surface area contributed by atoms with Gasteiger partial charge in [0.1, 0.15) is 6.54 Å². The Morgan fingerprint density at radius 2 is 2.43 bits per heavy atom. The Kier molecular flexibility index (Phi) is 3.08. The van der Waals surface area contributed by atoms with Crippen molar-refractivity contribution in [1.29, 1.82) is 5.26 Å². The molecule has 116 valence electrons. The van der Waals surface area contributed by atoms with E-state index in [-0.39, 0.29) is 18.6 Å². The van der Waals surface area contributed by atoms with Crippen LogP contribution in [0.2, 0.25) is 0 Å². The summed E-state index contributed by atoms with van der Waals surface area (Å²) in [6.45, 7) is 0.632. The minimum atomic E-state index is -0.245. The number of hydrogen-bond acceptors (Lipinski definition) is 5. The summed E-state index contributed by atoms with van der Waals surface area (Å²) in [6, 6.07) is 3.42. The lowest BCUT2D eigenvalue weighted by Gasteiger charge is -2.23. The van der Waals surface area contributed by atoms with Crippen LogP contribution in [0.15, 0.2) is 18.5 Å². The molecule has 3 aromatic rings. The summed E-state index contributed by atoms with van der Waals surface area (Å²) < 4.78 is 1.93. The molecular weight excluding hydrogens is 296 g/mol. The zero-order valence-corrected chi connectivity index (χ0v) is 12.2. The summed E-state index contributed by atoms with van der Waals surface area (Å²) in [5.41, 5.74) is 2.28. The van der Waals surface area contributed by atoms with Gasteiger partial charge in [0.2, 0.25) is 0 Å². The standard InChI is InChI=1S/C14H14N8O/c15-4-6-17-14(23)21-7-1-2-10(21)13-20-19-11-8-18-12-9(22(11)13)3-5-16-12/h3,5,8,10,16H,1-2,6-7H2,(H,17,23). The molecule has 3 aromatic heterocycles. The van der Waals surface area contributed by atoms with E-state index in [2.05, 4.69) is 25.5 Å². The van der Waals surface area contributed by atoms with Crippen molar-refractivity contribution in [1.82, 2.24) is 34.8 Å². The third-order valence-electron chi connectivity index (χ3n) is 4.10. The Labute approximate surface area is 130 Å². The number of nitrogens with zero attached hydrogens (tertiary/aromatic N) is 6. The van der Waals surface area contributed by atoms with Crippen molar-refractivity contribution in [2.24, 2.45) is 0 Å². The molecule has 2 N–H and O–H groups in total. The van der Waals surface area contributed by atoms with Crippen LogP contribution in [0, 0.1) is 11.3 Å². The fourth-order valence-electron chi connectivity index (χ4n) is 3.11. The average molecular weight is 310 g/mol. The summed E-state index contributed by atoms with van der Waals surface area (Å²) in [5, 5.41) is 19.7. The number of rotatable bonds is 2. The summed E-state index contributed by atoms with van der Waals surface area (Å²) >= 11 is 0. The normalized spacial score (nSPS) is 17.7. The van der Waals surface area contributed by atoms with Crippen LogP contribution in [0.1, 0.15) is 24.7 Å². The number of urea groups is 1. The molecule has 2 amide bonds. The van der Waals surface area contributed by atoms with Crippen molar-refractivity contribution < 1.29 is 4.79 Å². The molecular formula is C14H14N8O. The van der Waals surface area contributed by atoms with Crippen molar-refractivity contribution in [3.8, 4) is 6.07 Å². The molecule has 1 aliphatic heterocycles. The fraction of sp³-hybridized carbons (Fsp3) is 0.357.